The van der Waals surface area contributed by atoms with Gasteiger partial charge >= 0.3 is 11.5 Å². The molecule has 0 spiro atoms. The number of nitrogens with one attached hydrogen (secondary N) is 1. The first kappa shape index (κ1) is 36.8. The molecular formula is C27H28F3N5O10S3. The van der Waals surface area contributed by atoms with E-state index in [0.717, 1.165) is 14.7 Å². The molecule has 2 amide bonds. The maximum absolute atomic E-state index is 13.5. The number of nitro groups is 1. The molecule has 0 bridgehead atoms. The van der Waals surface area contributed by atoms with Gasteiger partial charge in [-0.15, -0.1) is 0 Å². The third-order valence-corrected chi connectivity index (χ3v) is 10.5. The summed E-state index contributed by atoms with van der Waals surface area (Å²) < 4.78 is 68.5. The number of benzene rings is 1. The lowest BCUT2D eigenvalue weighted by molar-refractivity contribution is -0.705. The second-order valence-corrected chi connectivity index (χ2v) is 14.2. The number of carbonyl (C=O) groups is 3. The van der Waals surface area contributed by atoms with Crippen molar-refractivity contribution >= 4 is 67.6 Å². The minimum Gasteiger partial charge on any atom is -0.741 e. The van der Waals surface area contributed by atoms with E-state index in [4.69, 9.17) is 17.7 Å². The molecule has 0 aliphatic carbocycles. The fourth-order valence-corrected chi connectivity index (χ4v) is 7.76. The van der Waals surface area contributed by atoms with Crippen LogP contribution in [-0.4, -0.2) is 80.5 Å². The largest absolute Gasteiger partial charge is 0.741 e. The number of β-lactam (4-membered cyclic amide) rings is 1. The predicted molar refractivity (Wildman–Crippen MR) is 162 cm³/mol. The fourth-order valence-electron chi connectivity index (χ4n) is 5.37. The number of rotatable bonds is 11. The molecule has 2 aromatic heterocycles. The number of hydrogen-bond donors (Lipinski definition) is 2. The number of fused-ring (bicyclic) bond motifs is 2. The van der Waals surface area contributed by atoms with Crippen molar-refractivity contribution in [3.8, 4) is 0 Å². The van der Waals surface area contributed by atoms with Gasteiger partial charge < -0.3 is 24.6 Å². The second-order valence-electron chi connectivity index (χ2n) is 10.7. The monoisotopic (exact) mass is 735 g/mol. The average Bonchev–Trinajstić information content (AvgIpc) is 3.60. The normalized spacial score (nSPS) is 19.7. The van der Waals surface area contributed by atoms with E-state index in [-0.39, 0.29) is 35.9 Å². The number of amides is 2. The van der Waals surface area contributed by atoms with Gasteiger partial charge in [0.1, 0.15) is 18.5 Å². The number of non-ortho nitro benzene ring substituents is 1. The first-order valence-electron chi connectivity index (χ1n) is 13.9. The number of ether oxygens (including phenoxy) is 1. The number of nitro benzene ring substituents is 1. The van der Waals surface area contributed by atoms with Gasteiger partial charge in [-0.3, -0.25) is 19.7 Å². The highest BCUT2D eigenvalue weighted by atomic mass is 32.2. The van der Waals surface area contributed by atoms with Crippen LogP contribution in [0.5, 0.6) is 0 Å². The summed E-state index contributed by atoms with van der Waals surface area (Å²) in [6.45, 7) is 3.93. The quantitative estimate of drug-likeness (QED) is 0.0278. The number of esters is 1. The Morgan fingerprint density at radius 2 is 1.94 bits per heavy atom. The van der Waals surface area contributed by atoms with E-state index >= 15 is 0 Å². The number of alkyl halides is 3. The molecular weight excluding hydrogens is 708 g/mol. The molecule has 1 fully saturated rings. The molecule has 2 aliphatic heterocycles. The standard InChI is InChI=1S/C26H27N5O7S2.CHF3O3S/c1-14-19(18-10-29-13-28(3)24(25(29)40-18)39-9-8-27-12-32)22(30-21(14)20(15(2)33)23(30)34)26(35)38-11-16-4-6-17(7-5-16)31(36)37;2-1(3,4)8(5,6)7/h4-7,10,12-15,20-21,33H,8-9,11H2,1-3H3;(H,5,6,7)/t14-,15+,20+,21+;/m0./s1. The lowest BCUT2D eigenvalue weighted by Gasteiger charge is -2.46. The number of nitrogens with zero attached hydrogens (tertiary/aromatic N) is 4. The van der Waals surface area contributed by atoms with Crippen LogP contribution in [0.25, 0.3) is 10.4 Å². The molecule has 4 atom stereocenters. The summed E-state index contributed by atoms with van der Waals surface area (Å²) in [6.07, 6.45) is 3.66. The molecule has 3 aromatic rings. The molecule has 5 rings (SSSR count). The molecule has 0 unspecified atom stereocenters. The van der Waals surface area contributed by atoms with Gasteiger partial charge in [0.2, 0.25) is 28.5 Å². The Morgan fingerprint density at radius 3 is 2.48 bits per heavy atom. The van der Waals surface area contributed by atoms with E-state index in [1.54, 1.807) is 18.7 Å². The number of halogens is 3. The van der Waals surface area contributed by atoms with Crippen molar-refractivity contribution < 1.29 is 59.9 Å². The average molecular weight is 736 g/mol. The number of aromatic nitrogens is 2. The number of thiazole rings is 1. The number of thioether (sulfide) groups is 1. The van der Waals surface area contributed by atoms with Crippen LogP contribution in [0, 0.1) is 22.0 Å². The van der Waals surface area contributed by atoms with Crippen LogP contribution < -0.4 is 9.88 Å². The van der Waals surface area contributed by atoms with Crippen molar-refractivity contribution in [3.63, 3.8) is 0 Å². The van der Waals surface area contributed by atoms with Gasteiger partial charge in [-0.2, -0.15) is 17.6 Å². The maximum Gasteiger partial charge on any atom is 0.485 e. The highest BCUT2D eigenvalue weighted by Gasteiger charge is 2.60. The highest BCUT2D eigenvalue weighted by Crippen LogP contribution is 2.52. The summed E-state index contributed by atoms with van der Waals surface area (Å²) in [6, 6.07) is 5.35. The lowest BCUT2D eigenvalue weighted by Crippen LogP contribution is -2.63. The molecule has 21 heteroatoms. The zero-order valence-electron chi connectivity index (χ0n) is 25.2. The van der Waals surface area contributed by atoms with Gasteiger partial charge in [-0.05, 0) is 24.6 Å². The van der Waals surface area contributed by atoms with Crippen LogP contribution in [0.1, 0.15) is 24.3 Å². The van der Waals surface area contributed by atoms with E-state index in [1.165, 1.54) is 40.5 Å². The van der Waals surface area contributed by atoms with Gasteiger partial charge in [-0.25, -0.2) is 17.8 Å². The molecule has 4 heterocycles. The maximum atomic E-state index is 13.5. The lowest BCUT2D eigenvalue weighted by atomic mass is 9.77. The van der Waals surface area contributed by atoms with Crippen molar-refractivity contribution in [3.05, 3.63) is 63.0 Å². The van der Waals surface area contributed by atoms with Crippen molar-refractivity contribution in [2.75, 3.05) is 12.3 Å². The summed E-state index contributed by atoms with van der Waals surface area (Å²) in [5, 5.41) is 24.9. The van der Waals surface area contributed by atoms with E-state index in [1.807, 2.05) is 35.5 Å². The number of imidazole rings is 1. The van der Waals surface area contributed by atoms with Crippen LogP contribution in [0.3, 0.4) is 0 Å². The Labute approximate surface area is 278 Å². The van der Waals surface area contributed by atoms with Gasteiger partial charge in [-0.1, -0.05) is 30.0 Å². The molecule has 2 aliphatic rings. The molecule has 2 N–H and O–H groups in total. The predicted octanol–water partition coefficient (Wildman–Crippen LogP) is 1.93. The number of aryl methyl sites for hydroxylation is 1. The summed E-state index contributed by atoms with van der Waals surface area (Å²) in [5.74, 6) is -1.16. The van der Waals surface area contributed by atoms with E-state index < -0.39 is 38.5 Å². The summed E-state index contributed by atoms with van der Waals surface area (Å²) >= 11 is 3.09. The van der Waals surface area contributed by atoms with Crippen LogP contribution >= 0.6 is 23.1 Å². The first-order chi connectivity index (χ1) is 22.4. The molecule has 48 heavy (non-hydrogen) atoms. The van der Waals surface area contributed by atoms with Crippen LogP contribution in [0.15, 0.2) is 47.5 Å². The third-order valence-electron chi connectivity index (χ3n) is 7.50. The Kier molecular flexibility index (Phi) is 10.9. The van der Waals surface area contributed by atoms with E-state index in [0.29, 0.717) is 29.8 Å². The number of carbonyl (C=O) groups excluding carboxylic acids is 3. The number of aliphatic hydroxyl groups is 1. The Morgan fingerprint density at radius 1 is 1.31 bits per heavy atom. The SMILES string of the molecule is C[C@@H](O)[C@H]1C(=O)N2C(C(=O)OCc3ccc([N+](=O)[O-])cc3)=C(c3cn4c[n+](C)c(SCCNC=O)c4s3)[C@H](C)[C@H]12.O=S(=O)([O-])C(F)(F)F. The Hall–Kier alpha value is -4.05. The minimum absolute atomic E-state index is 0.0668. The molecule has 15 nitrogen and oxygen atoms in total. The van der Waals surface area contributed by atoms with Gasteiger partial charge in [0.15, 0.2) is 10.1 Å². The molecule has 0 saturated carbocycles. The highest BCUT2D eigenvalue weighted by molar-refractivity contribution is 7.99. The van der Waals surface area contributed by atoms with E-state index in [9.17, 15) is 42.8 Å². The van der Waals surface area contributed by atoms with Gasteiger partial charge in [0.25, 0.3) is 5.69 Å². The molecule has 260 valence electrons. The van der Waals surface area contributed by atoms with Crippen molar-refractivity contribution in [2.24, 2.45) is 18.9 Å². The fraction of sp³-hybridized carbons (Fsp3) is 0.407. The van der Waals surface area contributed by atoms with Gasteiger partial charge in [0.05, 0.1) is 34.9 Å². The molecule has 1 aromatic carbocycles. The number of hydrogen-bond acceptors (Lipinski definition) is 12. The van der Waals surface area contributed by atoms with Gasteiger partial charge in [0, 0.05) is 35.9 Å². The summed E-state index contributed by atoms with van der Waals surface area (Å²) in [5.41, 5.74) is -4.29. The second kappa shape index (κ2) is 14.2. The number of aliphatic hydroxyl groups excluding tert-OH is 1. The summed E-state index contributed by atoms with van der Waals surface area (Å²) in [4.78, 5) is 50.9. The van der Waals surface area contributed by atoms with Crippen LogP contribution in [0.2, 0.25) is 0 Å². The zero-order chi connectivity index (χ0) is 35.7. The Balaban J connectivity index is 0.000000579. The Bertz CT molecular complexity index is 1870. The van der Waals surface area contributed by atoms with Crippen molar-refractivity contribution in [2.45, 2.75) is 43.1 Å². The first-order valence-corrected chi connectivity index (χ1v) is 17.1. The minimum atomic E-state index is -6.09. The molecule has 0 radical (unpaired) electrons. The summed E-state index contributed by atoms with van der Waals surface area (Å²) in [7, 11) is -4.15. The van der Waals surface area contributed by atoms with Crippen LogP contribution in [0.4, 0.5) is 18.9 Å². The smallest absolute Gasteiger partial charge is 0.485 e. The topological polar surface area (TPSA) is 205 Å². The third kappa shape index (κ3) is 7.33. The zero-order valence-corrected chi connectivity index (χ0v) is 27.7. The van der Waals surface area contributed by atoms with Crippen molar-refractivity contribution in [1.29, 1.82) is 0 Å². The van der Waals surface area contributed by atoms with Crippen LogP contribution in [-0.2, 0) is 42.9 Å². The van der Waals surface area contributed by atoms with E-state index in [2.05, 4.69) is 5.32 Å². The van der Waals surface area contributed by atoms with Crippen molar-refractivity contribution in [1.82, 2.24) is 14.6 Å². The molecule has 1 saturated heterocycles.